The molecule has 0 aromatic carbocycles. The first-order chi connectivity index (χ1) is 7.38. The summed E-state index contributed by atoms with van der Waals surface area (Å²) < 4.78 is 0. The highest BCUT2D eigenvalue weighted by molar-refractivity contribution is 5.07. The average molecular weight is 206 g/mol. The van der Waals surface area contributed by atoms with E-state index in [0.29, 0.717) is 0 Å². The smallest absolute Gasteiger partial charge is 0.0223 e. The molecule has 0 aliphatic heterocycles. The molecule has 1 heterocycles. The van der Waals surface area contributed by atoms with Crippen LogP contribution in [0.2, 0.25) is 0 Å². The van der Waals surface area contributed by atoms with Crippen molar-refractivity contribution in [1.29, 1.82) is 0 Å². The molecule has 2 N–H and O–H groups in total. The van der Waals surface area contributed by atoms with Crippen molar-refractivity contribution >= 4 is 0 Å². The van der Waals surface area contributed by atoms with Gasteiger partial charge in [0, 0.05) is 25.0 Å². The van der Waals surface area contributed by atoms with Crippen molar-refractivity contribution < 1.29 is 0 Å². The summed E-state index contributed by atoms with van der Waals surface area (Å²) in [5, 5.41) is 3.65. The van der Waals surface area contributed by atoms with Gasteiger partial charge in [0.1, 0.15) is 0 Å². The number of H-pyrrole nitrogens is 1. The van der Waals surface area contributed by atoms with Crippen LogP contribution in [0.5, 0.6) is 0 Å². The lowest BCUT2D eigenvalue weighted by molar-refractivity contribution is 0.285. The molecule has 0 unspecified atom stereocenters. The van der Waals surface area contributed by atoms with Crippen LogP contribution in [0, 0.1) is 5.92 Å². The van der Waals surface area contributed by atoms with E-state index in [1.165, 1.54) is 37.7 Å². The number of hydrogen-bond acceptors (Lipinski definition) is 1. The van der Waals surface area contributed by atoms with E-state index in [1.807, 2.05) is 6.20 Å². The van der Waals surface area contributed by atoms with Gasteiger partial charge in [0.05, 0.1) is 0 Å². The Morgan fingerprint density at radius 2 is 2.13 bits per heavy atom. The highest BCUT2D eigenvalue weighted by atomic mass is 14.9. The van der Waals surface area contributed by atoms with Gasteiger partial charge >= 0.3 is 0 Å². The van der Waals surface area contributed by atoms with Crippen molar-refractivity contribution in [1.82, 2.24) is 10.3 Å². The molecule has 1 aromatic rings. The Bertz CT molecular complexity index is 258. The predicted molar refractivity (Wildman–Crippen MR) is 63.7 cm³/mol. The highest BCUT2D eigenvalue weighted by Gasteiger charge is 2.19. The first-order valence-electron chi connectivity index (χ1n) is 6.23. The molecule has 0 radical (unpaired) electrons. The van der Waals surface area contributed by atoms with E-state index >= 15 is 0 Å². The third-order valence-electron chi connectivity index (χ3n) is 3.68. The van der Waals surface area contributed by atoms with E-state index in [0.717, 1.165) is 18.5 Å². The fourth-order valence-electron chi connectivity index (χ4n) is 2.51. The van der Waals surface area contributed by atoms with Crippen molar-refractivity contribution in [3.8, 4) is 0 Å². The van der Waals surface area contributed by atoms with Gasteiger partial charge in [0.25, 0.3) is 0 Å². The molecule has 1 aliphatic rings. The second kappa shape index (κ2) is 5.36. The fraction of sp³-hybridized carbons (Fsp3) is 0.692. The molecule has 2 nitrogen and oxygen atoms in total. The number of nitrogens with one attached hydrogen (secondary N) is 2. The summed E-state index contributed by atoms with van der Waals surface area (Å²) in [6.45, 7) is 3.34. The average Bonchev–Trinajstić information content (AvgIpc) is 2.80. The van der Waals surface area contributed by atoms with E-state index < -0.39 is 0 Å². The van der Waals surface area contributed by atoms with Crippen LogP contribution >= 0.6 is 0 Å². The van der Waals surface area contributed by atoms with Crippen LogP contribution in [0.3, 0.4) is 0 Å². The van der Waals surface area contributed by atoms with Crippen LogP contribution in [0.15, 0.2) is 18.5 Å². The minimum Gasteiger partial charge on any atom is -0.367 e. The SMILES string of the molecule is CCC1CCC(NCc2cc[nH]c2)CC1. The van der Waals surface area contributed by atoms with Crippen molar-refractivity contribution in [2.24, 2.45) is 5.92 Å². The summed E-state index contributed by atoms with van der Waals surface area (Å²) in [6, 6.07) is 2.90. The van der Waals surface area contributed by atoms with E-state index in [2.05, 4.69) is 29.5 Å². The zero-order valence-corrected chi connectivity index (χ0v) is 9.63. The summed E-state index contributed by atoms with van der Waals surface area (Å²) in [7, 11) is 0. The van der Waals surface area contributed by atoms with E-state index in [9.17, 15) is 0 Å². The maximum absolute atomic E-state index is 3.65. The van der Waals surface area contributed by atoms with Gasteiger partial charge in [-0.15, -0.1) is 0 Å². The molecule has 0 bridgehead atoms. The fourth-order valence-corrected chi connectivity index (χ4v) is 2.51. The molecule has 2 rings (SSSR count). The van der Waals surface area contributed by atoms with Crippen molar-refractivity contribution in [3.63, 3.8) is 0 Å². The zero-order chi connectivity index (χ0) is 10.5. The lowest BCUT2D eigenvalue weighted by Gasteiger charge is -2.28. The maximum atomic E-state index is 3.65. The topological polar surface area (TPSA) is 27.8 Å². The van der Waals surface area contributed by atoms with Crippen LogP contribution < -0.4 is 5.32 Å². The van der Waals surface area contributed by atoms with Crippen molar-refractivity contribution in [3.05, 3.63) is 24.0 Å². The highest BCUT2D eigenvalue weighted by Crippen LogP contribution is 2.26. The summed E-state index contributed by atoms with van der Waals surface area (Å²) in [6.07, 6.45) is 11.0. The third-order valence-corrected chi connectivity index (χ3v) is 3.68. The maximum Gasteiger partial charge on any atom is 0.0223 e. The van der Waals surface area contributed by atoms with E-state index in [4.69, 9.17) is 0 Å². The van der Waals surface area contributed by atoms with Gasteiger partial charge in [-0.2, -0.15) is 0 Å². The Hall–Kier alpha value is -0.760. The zero-order valence-electron chi connectivity index (χ0n) is 9.63. The summed E-state index contributed by atoms with van der Waals surface area (Å²) in [5.41, 5.74) is 1.37. The molecular weight excluding hydrogens is 184 g/mol. The lowest BCUT2D eigenvalue weighted by Crippen LogP contribution is -2.32. The second-order valence-electron chi connectivity index (χ2n) is 4.73. The predicted octanol–water partition coefficient (Wildman–Crippen LogP) is 3.07. The van der Waals surface area contributed by atoms with Gasteiger partial charge in [-0.3, -0.25) is 0 Å². The van der Waals surface area contributed by atoms with Gasteiger partial charge in [-0.05, 0) is 43.2 Å². The monoisotopic (exact) mass is 206 g/mol. The normalized spacial score (nSPS) is 26.7. The first kappa shape index (κ1) is 10.7. The lowest BCUT2D eigenvalue weighted by atomic mass is 9.84. The Kier molecular flexibility index (Phi) is 3.84. The van der Waals surface area contributed by atoms with Crippen LogP contribution in [-0.2, 0) is 6.54 Å². The Morgan fingerprint density at radius 3 is 2.73 bits per heavy atom. The molecule has 15 heavy (non-hydrogen) atoms. The number of rotatable bonds is 4. The van der Waals surface area contributed by atoms with Gasteiger partial charge in [-0.25, -0.2) is 0 Å². The molecule has 0 atom stereocenters. The molecule has 1 aromatic heterocycles. The minimum absolute atomic E-state index is 0.752. The Labute approximate surface area is 92.5 Å². The van der Waals surface area contributed by atoms with Gasteiger partial charge in [0.2, 0.25) is 0 Å². The van der Waals surface area contributed by atoms with Crippen molar-refractivity contribution in [2.45, 2.75) is 51.6 Å². The van der Waals surface area contributed by atoms with E-state index in [-0.39, 0.29) is 0 Å². The molecular formula is C13H22N2. The minimum atomic E-state index is 0.752. The number of aromatic nitrogens is 1. The molecule has 1 aliphatic carbocycles. The van der Waals surface area contributed by atoms with Gasteiger partial charge in [0.15, 0.2) is 0 Å². The molecule has 0 saturated heterocycles. The molecule has 2 heteroatoms. The van der Waals surface area contributed by atoms with Crippen LogP contribution in [-0.4, -0.2) is 11.0 Å². The van der Waals surface area contributed by atoms with Crippen LogP contribution in [0.25, 0.3) is 0 Å². The van der Waals surface area contributed by atoms with Crippen LogP contribution in [0.1, 0.15) is 44.6 Å². The first-order valence-corrected chi connectivity index (χ1v) is 6.23. The number of aromatic amines is 1. The quantitative estimate of drug-likeness (QED) is 0.778. The Morgan fingerprint density at radius 1 is 1.33 bits per heavy atom. The summed E-state index contributed by atoms with van der Waals surface area (Å²) in [4.78, 5) is 3.09. The summed E-state index contributed by atoms with van der Waals surface area (Å²) in [5.74, 6) is 0.996. The van der Waals surface area contributed by atoms with Gasteiger partial charge in [-0.1, -0.05) is 13.3 Å². The molecule has 1 fully saturated rings. The third kappa shape index (κ3) is 3.10. The molecule has 1 saturated carbocycles. The van der Waals surface area contributed by atoms with E-state index in [1.54, 1.807) is 0 Å². The Balaban J connectivity index is 1.69. The van der Waals surface area contributed by atoms with Gasteiger partial charge < -0.3 is 10.3 Å². The molecule has 0 amide bonds. The second-order valence-corrected chi connectivity index (χ2v) is 4.73. The van der Waals surface area contributed by atoms with Crippen molar-refractivity contribution in [2.75, 3.05) is 0 Å². The largest absolute Gasteiger partial charge is 0.367 e. The molecule has 0 spiro atoms. The number of hydrogen-bond donors (Lipinski definition) is 2. The summed E-state index contributed by atoms with van der Waals surface area (Å²) >= 11 is 0. The molecule has 84 valence electrons. The standard InChI is InChI=1S/C13H22N2/c1-2-11-3-5-13(6-4-11)15-10-12-7-8-14-9-12/h7-9,11,13-15H,2-6,10H2,1H3. The van der Waals surface area contributed by atoms with Crippen LogP contribution in [0.4, 0.5) is 0 Å².